The summed E-state index contributed by atoms with van der Waals surface area (Å²) in [7, 11) is 0. The molecule has 0 fully saturated rings. The molecule has 1 aromatic carbocycles. The second-order valence-electron chi connectivity index (χ2n) is 4.37. The van der Waals surface area contributed by atoms with Crippen LogP contribution in [0.15, 0.2) is 85.9 Å². The lowest BCUT2D eigenvalue weighted by molar-refractivity contribution is 0.558. The number of hydrogen-bond donors (Lipinski definition) is 0. The standard InChI is InChI=1S/C17H14N2O2/c1-2-6-14(7-3-1)17(18-12-15-8-4-10-20-15)19-13-16-9-5-11-21-16/h1-13,17H/b18-12+,19-13+. The van der Waals surface area contributed by atoms with Crippen molar-refractivity contribution in [1.82, 2.24) is 0 Å². The Bertz CT molecular complexity index is 654. The van der Waals surface area contributed by atoms with Crippen molar-refractivity contribution in [2.45, 2.75) is 6.17 Å². The summed E-state index contributed by atoms with van der Waals surface area (Å²) in [4.78, 5) is 8.96. The van der Waals surface area contributed by atoms with Gasteiger partial charge in [-0.1, -0.05) is 30.3 Å². The molecule has 2 heterocycles. The molecule has 0 saturated carbocycles. The van der Waals surface area contributed by atoms with Crippen LogP contribution in [0.3, 0.4) is 0 Å². The van der Waals surface area contributed by atoms with E-state index in [0.717, 1.165) is 5.56 Å². The van der Waals surface area contributed by atoms with Crippen molar-refractivity contribution >= 4 is 12.4 Å². The van der Waals surface area contributed by atoms with Crippen LogP contribution in [0, 0.1) is 0 Å². The molecule has 0 saturated heterocycles. The van der Waals surface area contributed by atoms with Gasteiger partial charge >= 0.3 is 0 Å². The molecule has 4 heteroatoms. The van der Waals surface area contributed by atoms with Gasteiger partial charge in [-0.2, -0.15) is 0 Å². The monoisotopic (exact) mass is 278 g/mol. The molecule has 0 spiro atoms. The molecule has 0 unspecified atom stereocenters. The Balaban J connectivity index is 1.84. The quantitative estimate of drug-likeness (QED) is 0.659. The van der Waals surface area contributed by atoms with E-state index in [1.165, 1.54) is 0 Å². The molecule has 0 N–H and O–H groups in total. The summed E-state index contributed by atoms with van der Waals surface area (Å²) in [5.41, 5.74) is 1.00. The first kappa shape index (κ1) is 13.1. The normalized spacial score (nSPS) is 11.9. The average Bonchev–Trinajstić information content (AvgIpc) is 3.21. The van der Waals surface area contributed by atoms with E-state index in [1.807, 2.05) is 54.6 Å². The number of nitrogens with zero attached hydrogens (tertiary/aromatic N) is 2. The van der Waals surface area contributed by atoms with Gasteiger partial charge in [-0.05, 0) is 29.8 Å². The zero-order valence-corrected chi connectivity index (χ0v) is 11.3. The lowest BCUT2D eigenvalue weighted by atomic mass is 10.2. The van der Waals surface area contributed by atoms with Crippen molar-refractivity contribution in [2.75, 3.05) is 0 Å². The number of hydrogen-bond acceptors (Lipinski definition) is 4. The first-order valence-corrected chi connectivity index (χ1v) is 6.60. The van der Waals surface area contributed by atoms with E-state index in [-0.39, 0.29) is 6.17 Å². The second kappa shape index (κ2) is 6.52. The maximum atomic E-state index is 5.25. The van der Waals surface area contributed by atoms with Gasteiger partial charge < -0.3 is 8.83 Å². The minimum atomic E-state index is -0.332. The van der Waals surface area contributed by atoms with E-state index >= 15 is 0 Å². The topological polar surface area (TPSA) is 51.0 Å². The maximum absolute atomic E-state index is 5.25. The smallest absolute Gasteiger partial charge is 0.165 e. The summed E-state index contributed by atoms with van der Waals surface area (Å²) in [6.07, 6.45) is 6.26. The molecule has 0 atom stereocenters. The van der Waals surface area contributed by atoms with E-state index in [2.05, 4.69) is 9.98 Å². The highest BCUT2D eigenvalue weighted by molar-refractivity contribution is 5.77. The van der Waals surface area contributed by atoms with Gasteiger partial charge in [0.05, 0.1) is 25.0 Å². The summed E-state index contributed by atoms with van der Waals surface area (Å²) in [6, 6.07) is 17.2. The first-order chi connectivity index (χ1) is 10.4. The van der Waals surface area contributed by atoms with Crippen LogP contribution in [-0.2, 0) is 0 Å². The summed E-state index contributed by atoms with van der Waals surface area (Å²) in [5, 5.41) is 0. The van der Waals surface area contributed by atoms with Crippen LogP contribution in [-0.4, -0.2) is 12.4 Å². The molecule has 0 radical (unpaired) electrons. The summed E-state index contributed by atoms with van der Waals surface area (Å²) < 4.78 is 10.5. The Morgan fingerprint density at radius 3 is 1.76 bits per heavy atom. The molecule has 104 valence electrons. The molecule has 3 aromatic rings. The van der Waals surface area contributed by atoms with Crippen LogP contribution < -0.4 is 0 Å². The third-order valence-corrected chi connectivity index (χ3v) is 2.87. The van der Waals surface area contributed by atoms with Crippen LogP contribution in [0.4, 0.5) is 0 Å². The fraction of sp³-hybridized carbons (Fsp3) is 0.0588. The minimum Gasteiger partial charge on any atom is -0.463 e. The van der Waals surface area contributed by atoms with E-state index in [4.69, 9.17) is 8.83 Å². The first-order valence-electron chi connectivity index (χ1n) is 6.60. The van der Waals surface area contributed by atoms with Gasteiger partial charge in [0, 0.05) is 0 Å². The molecule has 21 heavy (non-hydrogen) atoms. The van der Waals surface area contributed by atoms with Crippen molar-refractivity contribution in [3.63, 3.8) is 0 Å². The van der Waals surface area contributed by atoms with Gasteiger partial charge in [-0.25, -0.2) is 0 Å². The number of furan rings is 2. The fourth-order valence-electron chi connectivity index (χ4n) is 1.85. The number of rotatable bonds is 5. The SMILES string of the molecule is C(=N\C(/N=C/c1ccco1)c1ccccc1)/c1ccco1. The van der Waals surface area contributed by atoms with Crippen molar-refractivity contribution in [1.29, 1.82) is 0 Å². The predicted molar refractivity (Wildman–Crippen MR) is 81.8 cm³/mol. The highest BCUT2D eigenvalue weighted by Crippen LogP contribution is 2.18. The highest BCUT2D eigenvalue weighted by Gasteiger charge is 2.06. The van der Waals surface area contributed by atoms with E-state index in [1.54, 1.807) is 25.0 Å². The van der Waals surface area contributed by atoms with Gasteiger partial charge in [-0.3, -0.25) is 9.98 Å². The molecule has 0 bridgehead atoms. The van der Waals surface area contributed by atoms with Gasteiger partial charge in [0.2, 0.25) is 0 Å². The Labute approximate surface area is 122 Å². The minimum absolute atomic E-state index is 0.332. The lowest BCUT2D eigenvalue weighted by Crippen LogP contribution is -1.94. The van der Waals surface area contributed by atoms with Gasteiger partial charge in [-0.15, -0.1) is 0 Å². The maximum Gasteiger partial charge on any atom is 0.165 e. The third-order valence-electron chi connectivity index (χ3n) is 2.87. The fourth-order valence-corrected chi connectivity index (χ4v) is 1.85. The zero-order valence-electron chi connectivity index (χ0n) is 11.3. The van der Waals surface area contributed by atoms with Crippen LogP contribution in [0.1, 0.15) is 23.2 Å². The predicted octanol–water partition coefficient (Wildman–Crippen LogP) is 4.11. The molecule has 4 nitrogen and oxygen atoms in total. The Kier molecular flexibility index (Phi) is 4.07. The molecule has 0 aliphatic carbocycles. The highest BCUT2D eigenvalue weighted by atomic mass is 16.3. The Hall–Kier alpha value is -2.88. The van der Waals surface area contributed by atoms with Crippen molar-refractivity contribution in [3.05, 3.63) is 84.2 Å². The summed E-state index contributed by atoms with van der Waals surface area (Å²) >= 11 is 0. The molecular formula is C17H14N2O2. The molecule has 0 aliphatic rings. The van der Waals surface area contributed by atoms with E-state index in [9.17, 15) is 0 Å². The molecule has 0 amide bonds. The van der Waals surface area contributed by atoms with Crippen LogP contribution in [0.25, 0.3) is 0 Å². The van der Waals surface area contributed by atoms with Crippen LogP contribution in [0.5, 0.6) is 0 Å². The second-order valence-corrected chi connectivity index (χ2v) is 4.37. The van der Waals surface area contributed by atoms with Crippen LogP contribution >= 0.6 is 0 Å². The zero-order chi connectivity index (χ0) is 14.3. The largest absolute Gasteiger partial charge is 0.463 e. The van der Waals surface area contributed by atoms with Crippen molar-refractivity contribution in [2.24, 2.45) is 9.98 Å². The molecular weight excluding hydrogens is 264 g/mol. The van der Waals surface area contributed by atoms with E-state index < -0.39 is 0 Å². The van der Waals surface area contributed by atoms with Crippen LogP contribution in [0.2, 0.25) is 0 Å². The van der Waals surface area contributed by atoms with Gasteiger partial charge in [0.15, 0.2) is 6.17 Å². The van der Waals surface area contributed by atoms with Gasteiger partial charge in [0.1, 0.15) is 11.5 Å². The average molecular weight is 278 g/mol. The third kappa shape index (κ3) is 3.57. The molecule has 3 rings (SSSR count). The number of aliphatic imine (C=N–C) groups is 2. The Morgan fingerprint density at radius 2 is 1.29 bits per heavy atom. The summed E-state index contributed by atoms with van der Waals surface area (Å²) in [6.45, 7) is 0. The Morgan fingerprint density at radius 1 is 0.714 bits per heavy atom. The summed E-state index contributed by atoms with van der Waals surface area (Å²) in [5.74, 6) is 1.40. The van der Waals surface area contributed by atoms with Gasteiger partial charge in [0.25, 0.3) is 0 Å². The van der Waals surface area contributed by atoms with Crippen molar-refractivity contribution in [3.8, 4) is 0 Å². The molecule has 0 aliphatic heterocycles. The van der Waals surface area contributed by atoms with E-state index in [0.29, 0.717) is 11.5 Å². The number of benzene rings is 1. The lowest BCUT2D eigenvalue weighted by Gasteiger charge is -2.06. The molecule has 2 aromatic heterocycles. The van der Waals surface area contributed by atoms with Crippen molar-refractivity contribution < 1.29 is 8.83 Å².